The first-order chi connectivity index (χ1) is 10.0. The predicted octanol–water partition coefficient (Wildman–Crippen LogP) is 3.88. The molecule has 0 amide bonds. The maximum absolute atomic E-state index is 12.4. The monoisotopic (exact) mass is 287 g/mol. The van der Waals surface area contributed by atoms with E-state index in [1.807, 2.05) is 19.9 Å². The lowest BCUT2D eigenvalue weighted by Gasteiger charge is -2.15. The predicted molar refractivity (Wildman–Crippen MR) is 82.8 cm³/mol. The van der Waals surface area contributed by atoms with Crippen molar-refractivity contribution in [2.75, 3.05) is 0 Å². The van der Waals surface area contributed by atoms with Crippen molar-refractivity contribution < 1.29 is 4.79 Å². The molecule has 0 unspecified atom stereocenters. The topological polar surface area (TPSA) is 66.6 Å². The summed E-state index contributed by atoms with van der Waals surface area (Å²) < 4.78 is 0. The van der Waals surface area contributed by atoms with E-state index in [0.717, 1.165) is 37.1 Å². The number of hydrogen-bond acceptors (Lipinski definition) is 4. The van der Waals surface area contributed by atoms with Crippen LogP contribution in [0.4, 0.5) is 0 Å². The fourth-order valence-corrected chi connectivity index (χ4v) is 2.50. The average molecular weight is 287 g/mol. The van der Waals surface area contributed by atoms with Gasteiger partial charge in [0.25, 0.3) is 0 Å². The Bertz CT molecular complexity index is 499. The van der Waals surface area contributed by atoms with Crippen LogP contribution >= 0.6 is 0 Å². The van der Waals surface area contributed by atoms with Crippen LogP contribution in [0.2, 0.25) is 0 Å². The SMILES string of the molecule is CCCC[C@@H](CC)CC(=O)[C@H](C#N)c1nc(C)cc(C)n1. The van der Waals surface area contributed by atoms with E-state index >= 15 is 0 Å². The minimum atomic E-state index is -0.834. The van der Waals surface area contributed by atoms with E-state index in [1.54, 1.807) is 0 Å². The van der Waals surface area contributed by atoms with Crippen molar-refractivity contribution in [3.8, 4) is 6.07 Å². The smallest absolute Gasteiger partial charge is 0.164 e. The third kappa shape index (κ3) is 5.26. The fraction of sp³-hybridized carbons (Fsp3) is 0.647. The van der Waals surface area contributed by atoms with Crippen molar-refractivity contribution in [2.24, 2.45) is 5.92 Å². The van der Waals surface area contributed by atoms with Gasteiger partial charge in [-0.05, 0) is 25.8 Å². The second-order valence-corrected chi connectivity index (χ2v) is 5.66. The first-order valence-corrected chi connectivity index (χ1v) is 7.76. The zero-order chi connectivity index (χ0) is 15.8. The number of aryl methyl sites for hydroxylation is 2. The highest BCUT2D eigenvalue weighted by Crippen LogP contribution is 2.22. The number of rotatable bonds is 8. The average Bonchev–Trinajstić information content (AvgIpc) is 2.43. The largest absolute Gasteiger partial charge is 0.298 e. The van der Waals surface area contributed by atoms with Crippen LogP contribution in [-0.4, -0.2) is 15.8 Å². The summed E-state index contributed by atoms with van der Waals surface area (Å²) in [6, 6.07) is 3.93. The molecule has 2 atom stereocenters. The zero-order valence-electron chi connectivity index (χ0n) is 13.5. The standard InChI is InChI=1S/C17H25N3O/c1-5-7-8-14(6-2)10-16(21)15(11-18)17-19-12(3)9-13(4)20-17/h9,14-15H,5-8,10H2,1-4H3/t14-,15+/m1/s1. The van der Waals surface area contributed by atoms with Crippen molar-refractivity contribution in [2.45, 2.75) is 65.7 Å². The molecule has 1 rings (SSSR count). The number of carbonyl (C=O) groups excluding carboxylic acids is 1. The van der Waals surface area contributed by atoms with Crippen molar-refractivity contribution >= 4 is 5.78 Å². The molecular weight excluding hydrogens is 262 g/mol. The molecule has 0 aliphatic rings. The lowest BCUT2D eigenvalue weighted by atomic mass is 9.89. The van der Waals surface area contributed by atoms with Crippen molar-refractivity contribution in [3.63, 3.8) is 0 Å². The van der Waals surface area contributed by atoms with E-state index in [1.165, 1.54) is 0 Å². The molecular formula is C17H25N3O. The number of unbranched alkanes of at least 4 members (excludes halogenated alkanes) is 1. The van der Waals surface area contributed by atoms with Gasteiger partial charge in [0.15, 0.2) is 17.5 Å². The van der Waals surface area contributed by atoms with Gasteiger partial charge < -0.3 is 0 Å². The van der Waals surface area contributed by atoms with Gasteiger partial charge in [-0.3, -0.25) is 4.79 Å². The van der Waals surface area contributed by atoms with Crippen molar-refractivity contribution in [1.29, 1.82) is 5.26 Å². The minimum Gasteiger partial charge on any atom is -0.298 e. The number of hydrogen-bond donors (Lipinski definition) is 0. The number of ketones is 1. The molecule has 4 heteroatoms. The highest BCUT2D eigenvalue weighted by molar-refractivity contribution is 5.87. The summed E-state index contributed by atoms with van der Waals surface area (Å²) in [6.07, 6.45) is 4.73. The summed E-state index contributed by atoms with van der Waals surface area (Å²) >= 11 is 0. The molecule has 4 nitrogen and oxygen atoms in total. The maximum Gasteiger partial charge on any atom is 0.164 e. The van der Waals surface area contributed by atoms with Crippen LogP contribution in [0.5, 0.6) is 0 Å². The van der Waals surface area contributed by atoms with Gasteiger partial charge in [0.1, 0.15) is 0 Å². The Hall–Kier alpha value is -1.76. The highest BCUT2D eigenvalue weighted by atomic mass is 16.1. The van der Waals surface area contributed by atoms with Gasteiger partial charge >= 0.3 is 0 Å². The molecule has 0 radical (unpaired) electrons. The van der Waals surface area contributed by atoms with Crippen LogP contribution in [0.3, 0.4) is 0 Å². The molecule has 1 heterocycles. The summed E-state index contributed by atoms with van der Waals surface area (Å²) in [5.74, 6) is -0.172. The van der Waals surface area contributed by atoms with E-state index in [2.05, 4.69) is 29.9 Å². The van der Waals surface area contributed by atoms with Gasteiger partial charge in [0.05, 0.1) is 6.07 Å². The maximum atomic E-state index is 12.4. The second-order valence-electron chi connectivity index (χ2n) is 5.66. The summed E-state index contributed by atoms with van der Waals surface area (Å²) in [4.78, 5) is 21.0. The molecule has 0 aromatic carbocycles. The van der Waals surface area contributed by atoms with Gasteiger partial charge in [-0.15, -0.1) is 0 Å². The molecule has 0 bridgehead atoms. The normalized spacial score (nSPS) is 13.5. The van der Waals surface area contributed by atoms with E-state index in [9.17, 15) is 10.1 Å². The van der Waals surface area contributed by atoms with Gasteiger partial charge in [-0.1, -0.05) is 39.5 Å². The quantitative estimate of drug-likeness (QED) is 0.727. The summed E-state index contributed by atoms with van der Waals surface area (Å²) in [5, 5.41) is 9.34. The van der Waals surface area contributed by atoms with E-state index in [0.29, 0.717) is 18.2 Å². The van der Waals surface area contributed by atoms with E-state index < -0.39 is 5.92 Å². The van der Waals surface area contributed by atoms with Gasteiger partial charge in [-0.2, -0.15) is 5.26 Å². The third-order valence-corrected chi connectivity index (χ3v) is 3.74. The van der Waals surface area contributed by atoms with Crippen molar-refractivity contribution in [3.05, 3.63) is 23.3 Å². The van der Waals surface area contributed by atoms with E-state index in [-0.39, 0.29) is 5.78 Å². The molecule has 0 aliphatic heterocycles. The number of carbonyl (C=O) groups is 1. The number of Topliss-reactive ketones (excluding diaryl/α,β-unsaturated/α-hetero) is 1. The van der Waals surface area contributed by atoms with Crippen LogP contribution in [0.25, 0.3) is 0 Å². The summed E-state index contributed by atoms with van der Waals surface area (Å²) in [5.41, 5.74) is 1.59. The molecule has 0 N–H and O–H groups in total. The Morgan fingerprint density at radius 3 is 2.38 bits per heavy atom. The minimum absolute atomic E-state index is 0.0505. The molecule has 0 saturated heterocycles. The zero-order valence-corrected chi connectivity index (χ0v) is 13.5. The van der Waals surface area contributed by atoms with Gasteiger partial charge in [0, 0.05) is 17.8 Å². The number of nitriles is 1. The summed E-state index contributed by atoms with van der Waals surface area (Å²) in [6.45, 7) is 7.96. The molecule has 21 heavy (non-hydrogen) atoms. The van der Waals surface area contributed by atoms with E-state index in [4.69, 9.17) is 0 Å². The Balaban J connectivity index is 2.84. The van der Waals surface area contributed by atoms with Crippen LogP contribution in [-0.2, 0) is 4.79 Å². The van der Waals surface area contributed by atoms with Crippen molar-refractivity contribution in [1.82, 2.24) is 9.97 Å². The Labute approximate surface area is 127 Å². The van der Waals surface area contributed by atoms with Gasteiger partial charge in [-0.25, -0.2) is 9.97 Å². The fourth-order valence-electron chi connectivity index (χ4n) is 2.50. The van der Waals surface area contributed by atoms with Gasteiger partial charge in [0.2, 0.25) is 0 Å². The molecule has 114 valence electrons. The Kier molecular flexibility index (Phi) is 7.01. The lowest BCUT2D eigenvalue weighted by molar-refractivity contribution is -0.120. The molecule has 1 aromatic rings. The Morgan fingerprint density at radius 1 is 1.29 bits per heavy atom. The lowest BCUT2D eigenvalue weighted by Crippen LogP contribution is -2.18. The molecule has 0 spiro atoms. The third-order valence-electron chi connectivity index (χ3n) is 3.74. The van der Waals surface area contributed by atoms with Crippen LogP contribution < -0.4 is 0 Å². The molecule has 0 saturated carbocycles. The molecule has 1 aromatic heterocycles. The first-order valence-electron chi connectivity index (χ1n) is 7.76. The second kappa shape index (κ2) is 8.51. The Morgan fingerprint density at radius 2 is 1.90 bits per heavy atom. The van der Waals surface area contributed by atoms with Crippen LogP contribution in [0, 0.1) is 31.1 Å². The molecule has 0 aliphatic carbocycles. The molecule has 0 fully saturated rings. The van der Waals surface area contributed by atoms with Crippen LogP contribution in [0.1, 0.15) is 69.1 Å². The number of aromatic nitrogens is 2. The highest BCUT2D eigenvalue weighted by Gasteiger charge is 2.25. The van der Waals surface area contributed by atoms with Crippen LogP contribution in [0.15, 0.2) is 6.07 Å². The summed E-state index contributed by atoms with van der Waals surface area (Å²) in [7, 11) is 0. The number of nitrogens with zero attached hydrogens (tertiary/aromatic N) is 3. The first kappa shape index (κ1) is 17.3.